The molecule has 2 saturated heterocycles. The summed E-state index contributed by atoms with van der Waals surface area (Å²) in [7, 11) is 0. The van der Waals surface area contributed by atoms with Crippen LogP contribution >= 0.6 is 0 Å². The first-order valence-electron chi connectivity index (χ1n) is 19.6. The van der Waals surface area contributed by atoms with Crippen LogP contribution in [0.1, 0.15) is 89.3 Å². The Morgan fingerprint density at radius 1 is 0.727 bits per heavy atom. The summed E-state index contributed by atoms with van der Waals surface area (Å²) < 4.78 is 11.5. The second-order valence-electron chi connectivity index (χ2n) is 15.5. The molecule has 0 spiro atoms. The average molecular weight is 753 g/mol. The molecular formula is C44H56N4O7. The summed E-state index contributed by atoms with van der Waals surface area (Å²) in [6.45, 7) is 8.52. The van der Waals surface area contributed by atoms with Crippen LogP contribution in [0.3, 0.4) is 0 Å². The maximum Gasteiger partial charge on any atom is 0.410 e. The fraction of sp³-hybridized carbons (Fsp3) is 0.477. The SMILES string of the molecule is CCCC[C@H](NC(=O)[C@@H]1CCCN1C(=O)OC(C)(C)C)C(=O)N1CCC[C@H]1C(=O)N[C@@H](Cc1ccc(OCc2ccccc2)cc1)C(=O)Cc1ccccc1. The molecule has 2 heterocycles. The van der Waals surface area contributed by atoms with Crippen molar-refractivity contribution in [3.8, 4) is 5.75 Å². The highest BCUT2D eigenvalue weighted by atomic mass is 16.6. The zero-order chi connectivity index (χ0) is 39.4. The van der Waals surface area contributed by atoms with Crippen LogP contribution in [0.15, 0.2) is 84.9 Å². The molecule has 4 atom stereocenters. The van der Waals surface area contributed by atoms with Crippen LogP contribution in [0.2, 0.25) is 0 Å². The summed E-state index contributed by atoms with van der Waals surface area (Å²) >= 11 is 0. The predicted octanol–water partition coefficient (Wildman–Crippen LogP) is 6.17. The van der Waals surface area contributed by atoms with Crippen molar-refractivity contribution in [2.75, 3.05) is 13.1 Å². The summed E-state index contributed by atoms with van der Waals surface area (Å²) in [5.74, 6) is -0.578. The predicted molar refractivity (Wildman–Crippen MR) is 210 cm³/mol. The maximum atomic E-state index is 14.2. The Bertz CT molecular complexity index is 1740. The van der Waals surface area contributed by atoms with E-state index >= 15 is 0 Å². The first-order chi connectivity index (χ1) is 26.4. The number of hydrogen-bond acceptors (Lipinski definition) is 7. The minimum Gasteiger partial charge on any atom is -0.489 e. The van der Waals surface area contributed by atoms with Gasteiger partial charge in [0.05, 0.1) is 6.04 Å². The van der Waals surface area contributed by atoms with Gasteiger partial charge in [-0.2, -0.15) is 0 Å². The average Bonchev–Trinajstić information content (AvgIpc) is 3.87. The van der Waals surface area contributed by atoms with E-state index in [9.17, 15) is 24.0 Å². The minimum atomic E-state index is -0.861. The van der Waals surface area contributed by atoms with Gasteiger partial charge in [-0.15, -0.1) is 0 Å². The standard InChI is InChI=1S/C44H56N4O7/c1-5-6-19-35(45-41(51)38-21-14-27-48(38)43(53)55-44(2,3)4)42(52)47-26-13-20-37(47)40(50)46-36(39(49)29-31-15-9-7-10-16-31)28-32-22-24-34(25-23-32)54-30-33-17-11-8-12-18-33/h7-12,15-18,22-25,35-38H,5-6,13-14,19-21,26-30H2,1-4H3,(H,45,51)(H,46,50)/t35-,36-,37-,38-/m0/s1. The van der Waals surface area contributed by atoms with Crippen molar-refractivity contribution >= 4 is 29.6 Å². The van der Waals surface area contributed by atoms with E-state index < -0.39 is 47.7 Å². The number of ketones is 1. The van der Waals surface area contributed by atoms with Crippen molar-refractivity contribution in [3.63, 3.8) is 0 Å². The third-order valence-corrected chi connectivity index (χ3v) is 10.0. The number of unbranched alkanes of at least 4 members (excludes halogenated alkanes) is 1. The molecule has 2 fully saturated rings. The largest absolute Gasteiger partial charge is 0.489 e. The Balaban J connectivity index is 1.27. The summed E-state index contributed by atoms with van der Waals surface area (Å²) in [4.78, 5) is 71.6. The van der Waals surface area contributed by atoms with Crippen molar-refractivity contribution in [1.82, 2.24) is 20.4 Å². The van der Waals surface area contributed by atoms with E-state index in [0.717, 1.165) is 23.1 Å². The number of carbonyl (C=O) groups excluding carboxylic acids is 5. The molecule has 2 aliphatic rings. The molecule has 0 saturated carbocycles. The van der Waals surface area contributed by atoms with E-state index in [0.29, 0.717) is 64.0 Å². The van der Waals surface area contributed by atoms with Crippen molar-refractivity contribution < 1.29 is 33.4 Å². The number of nitrogens with zero attached hydrogens (tertiary/aromatic N) is 2. The van der Waals surface area contributed by atoms with Crippen LogP contribution in [0.4, 0.5) is 4.79 Å². The lowest BCUT2D eigenvalue weighted by Crippen LogP contribution is -2.57. The lowest BCUT2D eigenvalue weighted by molar-refractivity contribution is -0.142. The van der Waals surface area contributed by atoms with E-state index in [1.807, 2.05) is 91.9 Å². The molecule has 11 heteroatoms. The highest BCUT2D eigenvalue weighted by Crippen LogP contribution is 2.24. The van der Waals surface area contributed by atoms with Gasteiger partial charge in [-0.3, -0.25) is 24.1 Å². The highest BCUT2D eigenvalue weighted by Gasteiger charge is 2.41. The maximum absolute atomic E-state index is 14.2. The zero-order valence-corrected chi connectivity index (χ0v) is 32.6. The summed E-state index contributed by atoms with van der Waals surface area (Å²) in [5, 5.41) is 5.96. The lowest BCUT2D eigenvalue weighted by atomic mass is 9.97. The van der Waals surface area contributed by atoms with Gasteiger partial charge in [0.2, 0.25) is 17.7 Å². The molecular weight excluding hydrogens is 697 g/mol. The molecule has 55 heavy (non-hydrogen) atoms. The number of likely N-dealkylation sites (tertiary alicyclic amines) is 2. The van der Waals surface area contributed by atoms with E-state index in [4.69, 9.17) is 9.47 Å². The second-order valence-corrected chi connectivity index (χ2v) is 15.5. The third-order valence-electron chi connectivity index (χ3n) is 10.0. The molecule has 0 bridgehead atoms. The van der Waals surface area contributed by atoms with Crippen molar-refractivity contribution in [1.29, 1.82) is 0 Å². The van der Waals surface area contributed by atoms with E-state index in [1.54, 1.807) is 25.7 Å². The van der Waals surface area contributed by atoms with Gasteiger partial charge in [0.15, 0.2) is 5.78 Å². The van der Waals surface area contributed by atoms with Gasteiger partial charge in [0, 0.05) is 19.5 Å². The third kappa shape index (κ3) is 11.9. The fourth-order valence-electron chi connectivity index (χ4n) is 7.15. The van der Waals surface area contributed by atoms with Crippen LogP contribution in [0.25, 0.3) is 0 Å². The molecule has 2 N–H and O–H groups in total. The Labute approximate surface area is 325 Å². The molecule has 11 nitrogen and oxygen atoms in total. The summed E-state index contributed by atoms with van der Waals surface area (Å²) in [6.07, 6.45) is 3.91. The first kappa shape index (κ1) is 41.0. The normalized spacial score (nSPS) is 18.0. The molecule has 3 aromatic rings. The summed E-state index contributed by atoms with van der Waals surface area (Å²) in [5.41, 5.74) is 2.04. The number of nitrogens with one attached hydrogen (secondary N) is 2. The molecule has 0 unspecified atom stereocenters. The molecule has 0 aliphatic carbocycles. The molecule has 294 valence electrons. The Kier molecular flexibility index (Phi) is 14.5. The van der Waals surface area contributed by atoms with Gasteiger partial charge in [-0.05, 0) is 88.1 Å². The van der Waals surface area contributed by atoms with Crippen LogP contribution in [-0.4, -0.2) is 82.3 Å². The quantitative estimate of drug-likeness (QED) is 0.179. The number of rotatable bonds is 16. The van der Waals surface area contributed by atoms with Crippen molar-refractivity contribution in [3.05, 3.63) is 102 Å². The highest BCUT2D eigenvalue weighted by molar-refractivity contribution is 5.96. The number of ether oxygens (including phenoxy) is 2. The van der Waals surface area contributed by atoms with Crippen LogP contribution < -0.4 is 15.4 Å². The van der Waals surface area contributed by atoms with Gasteiger partial charge in [-0.25, -0.2) is 4.79 Å². The number of hydrogen-bond donors (Lipinski definition) is 2. The van der Waals surface area contributed by atoms with Gasteiger partial charge in [0.25, 0.3) is 0 Å². The Morgan fingerprint density at radius 3 is 1.89 bits per heavy atom. The topological polar surface area (TPSA) is 134 Å². The van der Waals surface area contributed by atoms with Crippen LogP contribution in [0, 0.1) is 0 Å². The molecule has 4 amide bonds. The molecule has 3 aromatic carbocycles. The van der Waals surface area contributed by atoms with E-state index in [-0.39, 0.29) is 24.5 Å². The molecule has 2 aliphatic heterocycles. The van der Waals surface area contributed by atoms with Gasteiger partial charge in [0.1, 0.15) is 36.1 Å². The van der Waals surface area contributed by atoms with E-state index in [1.165, 1.54) is 4.90 Å². The van der Waals surface area contributed by atoms with Gasteiger partial charge < -0.3 is 25.0 Å². The number of Topliss-reactive ketones (excluding diaryl/α,β-unsaturated/α-hetero) is 1. The number of benzene rings is 3. The smallest absolute Gasteiger partial charge is 0.410 e. The Morgan fingerprint density at radius 2 is 1.29 bits per heavy atom. The van der Waals surface area contributed by atoms with Crippen LogP contribution in [-0.2, 0) is 43.4 Å². The van der Waals surface area contributed by atoms with Crippen molar-refractivity contribution in [2.45, 2.75) is 122 Å². The van der Waals surface area contributed by atoms with E-state index in [2.05, 4.69) is 10.6 Å². The fourth-order valence-corrected chi connectivity index (χ4v) is 7.15. The lowest BCUT2D eigenvalue weighted by Gasteiger charge is -2.32. The van der Waals surface area contributed by atoms with Crippen molar-refractivity contribution in [2.24, 2.45) is 0 Å². The first-order valence-corrected chi connectivity index (χ1v) is 19.6. The van der Waals surface area contributed by atoms with Gasteiger partial charge in [-0.1, -0.05) is 92.6 Å². The number of amides is 4. The monoisotopic (exact) mass is 752 g/mol. The summed E-state index contributed by atoms with van der Waals surface area (Å²) in [6, 6.07) is 23.6. The number of carbonyl (C=O) groups is 5. The van der Waals surface area contributed by atoms with Gasteiger partial charge >= 0.3 is 6.09 Å². The Hall–Kier alpha value is -5.19. The van der Waals surface area contributed by atoms with Crippen LogP contribution in [0.5, 0.6) is 5.75 Å². The second kappa shape index (κ2) is 19.4. The molecule has 0 aromatic heterocycles. The zero-order valence-electron chi connectivity index (χ0n) is 32.6. The molecule has 0 radical (unpaired) electrons. The molecule has 5 rings (SSSR count). The minimum absolute atomic E-state index is 0.140.